The molecule has 0 amide bonds. The highest BCUT2D eigenvalue weighted by molar-refractivity contribution is 14.0. The second-order valence-electron chi connectivity index (χ2n) is 5.85. The minimum absolute atomic E-state index is 0. The van der Waals surface area contributed by atoms with Gasteiger partial charge in [-0.15, -0.1) is 24.0 Å². The first kappa shape index (κ1) is 18.2. The Hall–Kier alpha value is -0.830. The van der Waals surface area contributed by atoms with Gasteiger partial charge in [-0.1, -0.05) is 13.8 Å². The number of hydrogen-bond donors (Lipinski definition) is 2. The summed E-state index contributed by atoms with van der Waals surface area (Å²) >= 11 is 0. The van der Waals surface area contributed by atoms with Gasteiger partial charge in [-0.2, -0.15) is 5.10 Å². The monoisotopic (exact) mass is 407 g/mol. The Labute approximate surface area is 143 Å². The predicted octanol–water partition coefficient (Wildman–Crippen LogP) is 1.52. The summed E-state index contributed by atoms with van der Waals surface area (Å²) in [7, 11) is 5.50. The lowest BCUT2D eigenvalue weighted by molar-refractivity contribution is -0.0922. The molecule has 0 aliphatic heterocycles. The Bertz CT molecular complexity index is 485. The quantitative estimate of drug-likeness (QED) is 0.452. The summed E-state index contributed by atoms with van der Waals surface area (Å²) in [4.78, 5) is 4.28. The highest BCUT2D eigenvalue weighted by atomic mass is 127. The van der Waals surface area contributed by atoms with E-state index in [9.17, 15) is 0 Å². The summed E-state index contributed by atoms with van der Waals surface area (Å²) < 4.78 is 7.33. The maximum atomic E-state index is 5.47. The number of aryl methyl sites for hydroxylation is 1. The van der Waals surface area contributed by atoms with Gasteiger partial charge in [0.05, 0.1) is 18.3 Å². The summed E-state index contributed by atoms with van der Waals surface area (Å²) in [5.74, 6) is 0.818. The van der Waals surface area contributed by atoms with Gasteiger partial charge in [-0.3, -0.25) is 9.67 Å². The third-order valence-electron chi connectivity index (χ3n) is 4.36. The number of guanidine groups is 1. The highest BCUT2D eigenvalue weighted by Gasteiger charge is 2.48. The number of nitrogens with zero attached hydrogens (tertiary/aromatic N) is 3. The Balaban J connectivity index is 0.00000220. The van der Waals surface area contributed by atoms with Crippen LogP contribution in [0.1, 0.15) is 26.0 Å². The van der Waals surface area contributed by atoms with E-state index in [4.69, 9.17) is 4.74 Å². The number of methoxy groups -OCH3 is 1. The molecule has 120 valence electrons. The molecule has 1 heterocycles. The van der Waals surface area contributed by atoms with Crippen molar-refractivity contribution in [3.63, 3.8) is 0 Å². The van der Waals surface area contributed by atoms with Crippen LogP contribution < -0.4 is 10.6 Å². The van der Waals surface area contributed by atoms with Crippen LogP contribution in [0.4, 0.5) is 0 Å². The number of nitrogens with one attached hydrogen (secondary N) is 2. The van der Waals surface area contributed by atoms with Crippen LogP contribution in [0.3, 0.4) is 0 Å². The molecule has 0 bridgehead atoms. The van der Waals surface area contributed by atoms with Gasteiger partial charge in [0.25, 0.3) is 0 Å². The Morgan fingerprint density at radius 3 is 2.76 bits per heavy atom. The Kier molecular flexibility index (Phi) is 6.45. The van der Waals surface area contributed by atoms with Crippen LogP contribution in [-0.4, -0.2) is 42.0 Å². The van der Waals surface area contributed by atoms with E-state index in [0.29, 0.717) is 18.7 Å². The normalized spacial score (nSPS) is 24.0. The van der Waals surface area contributed by atoms with E-state index in [1.54, 1.807) is 20.4 Å². The fourth-order valence-corrected chi connectivity index (χ4v) is 2.64. The zero-order chi connectivity index (χ0) is 14.8. The lowest BCUT2D eigenvalue weighted by Gasteiger charge is -2.51. The molecule has 1 fully saturated rings. The van der Waals surface area contributed by atoms with E-state index in [1.807, 2.05) is 17.8 Å². The van der Waals surface area contributed by atoms with Gasteiger partial charge < -0.3 is 15.4 Å². The van der Waals surface area contributed by atoms with Gasteiger partial charge in [0.2, 0.25) is 0 Å². The number of hydrogen-bond acceptors (Lipinski definition) is 3. The fraction of sp³-hybridized carbons (Fsp3) is 0.714. The topological polar surface area (TPSA) is 63.5 Å². The zero-order valence-corrected chi connectivity index (χ0v) is 15.7. The number of aliphatic imine (C=N–C) groups is 1. The van der Waals surface area contributed by atoms with Crippen molar-refractivity contribution in [2.24, 2.45) is 17.5 Å². The second kappa shape index (κ2) is 7.44. The van der Waals surface area contributed by atoms with Gasteiger partial charge in [0, 0.05) is 38.9 Å². The smallest absolute Gasteiger partial charge is 0.191 e. The van der Waals surface area contributed by atoms with Crippen molar-refractivity contribution in [3.05, 3.63) is 18.0 Å². The van der Waals surface area contributed by atoms with Crippen LogP contribution in [0.15, 0.2) is 17.3 Å². The first-order chi connectivity index (χ1) is 9.48. The Morgan fingerprint density at radius 1 is 1.57 bits per heavy atom. The second-order valence-corrected chi connectivity index (χ2v) is 5.85. The standard InChI is InChI=1S/C14H25N5O.HI/c1-14(2)11(8-12(14)20-5)18-13(15-3)16-9-10-6-7-17-19(10)4;/h6-7,11-12H,8-9H2,1-5H3,(H2,15,16,18);1H. The molecule has 0 spiro atoms. The minimum atomic E-state index is 0. The van der Waals surface area contributed by atoms with Crippen molar-refractivity contribution in [2.45, 2.75) is 39.0 Å². The maximum absolute atomic E-state index is 5.47. The first-order valence-corrected chi connectivity index (χ1v) is 6.96. The van der Waals surface area contributed by atoms with Gasteiger partial charge in [-0.05, 0) is 12.5 Å². The maximum Gasteiger partial charge on any atom is 0.191 e. The summed E-state index contributed by atoms with van der Waals surface area (Å²) in [6.45, 7) is 5.14. The van der Waals surface area contributed by atoms with Gasteiger partial charge >= 0.3 is 0 Å². The third kappa shape index (κ3) is 3.88. The van der Waals surface area contributed by atoms with Gasteiger partial charge in [0.1, 0.15) is 0 Å². The molecule has 1 aromatic rings. The largest absolute Gasteiger partial charge is 0.381 e. The van der Waals surface area contributed by atoms with E-state index in [-0.39, 0.29) is 29.4 Å². The van der Waals surface area contributed by atoms with Crippen molar-refractivity contribution in [2.75, 3.05) is 14.2 Å². The molecule has 0 radical (unpaired) electrons. The van der Waals surface area contributed by atoms with Crippen molar-refractivity contribution in [1.82, 2.24) is 20.4 Å². The van der Waals surface area contributed by atoms with E-state index in [2.05, 4.69) is 34.6 Å². The highest BCUT2D eigenvalue weighted by Crippen LogP contribution is 2.42. The Morgan fingerprint density at radius 2 is 2.29 bits per heavy atom. The molecule has 2 atom stereocenters. The molecule has 2 N–H and O–H groups in total. The molecule has 21 heavy (non-hydrogen) atoms. The lowest BCUT2D eigenvalue weighted by atomic mass is 9.64. The molecule has 0 saturated heterocycles. The molecule has 2 unspecified atom stereocenters. The minimum Gasteiger partial charge on any atom is -0.381 e. The molecular formula is C14H26IN5O. The summed E-state index contributed by atoms with van der Waals surface area (Å²) in [5.41, 5.74) is 1.24. The van der Waals surface area contributed by atoms with Crippen molar-refractivity contribution in [1.29, 1.82) is 0 Å². The van der Waals surface area contributed by atoms with Crippen LogP contribution in [0.25, 0.3) is 0 Å². The van der Waals surface area contributed by atoms with Crippen LogP contribution in [0.5, 0.6) is 0 Å². The summed E-state index contributed by atoms with van der Waals surface area (Å²) in [6.07, 6.45) is 3.12. The SMILES string of the molecule is CN=C(NCc1ccnn1C)NC1CC(OC)C1(C)C.I. The lowest BCUT2D eigenvalue weighted by Crippen LogP contribution is -2.63. The van der Waals surface area contributed by atoms with Crippen LogP contribution in [-0.2, 0) is 18.3 Å². The molecule has 6 nitrogen and oxygen atoms in total. The molecule has 1 saturated carbocycles. The number of rotatable bonds is 4. The van der Waals surface area contributed by atoms with Crippen molar-refractivity contribution >= 4 is 29.9 Å². The molecule has 2 rings (SSSR count). The average molecular weight is 407 g/mol. The summed E-state index contributed by atoms with van der Waals surface area (Å²) in [5, 5.41) is 10.9. The molecule has 1 aliphatic carbocycles. The van der Waals surface area contributed by atoms with Crippen molar-refractivity contribution < 1.29 is 4.74 Å². The van der Waals surface area contributed by atoms with Crippen LogP contribution in [0.2, 0.25) is 0 Å². The zero-order valence-electron chi connectivity index (χ0n) is 13.4. The van der Waals surface area contributed by atoms with Crippen molar-refractivity contribution in [3.8, 4) is 0 Å². The van der Waals surface area contributed by atoms with Crippen LogP contribution >= 0.6 is 24.0 Å². The molecule has 0 aromatic carbocycles. The predicted molar refractivity (Wildman–Crippen MR) is 94.9 cm³/mol. The van der Waals surface area contributed by atoms with E-state index >= 15 is 0 Å². The summed E-state index contributed by atoms with van der Waals surface area (Å²) in [6, 6.07) is 2.37. The van der Waals surface area contributed by atoms with Crippen LogP contribution in [0, 0.1) is 5.41 Å². The molecule has 7 heteroatoms. The van der Waals surface area contributed by atoms with Gasteiger partial charge in [-0.25, -0.2) is 0 Å². The third-order valence-corrected chi connectivity index (χ3v) is 4.36. The number of halogens is 1. The number of aromatic nitrogens is 2. The number of ether oxygens (including phenoxy) is 1. The van der Waals surface area contributed by atoms with Gasteiger partial charge in [0.15, 0.2) is 5.96 Å². The first-order valence-electron chi connectivity index (χ1n) is 6.96. The molecular weight excluding hydrogens is 381 g/mol. The molecule has 1 aromatic heterocycles. The van der Waals surface area contributed by atoms with E-state index < -0.39 is 0 Å². The van der Waals surface area contributed by atoms with E-state index in [0.717, 1.165) is 18.1 Å². The fourth-order valence-electron chi connectivity index (χ4n) is 2.64. The molecule has 1 aliphatic rings. The average Bonchev–Trinajstić information content (AvgIpc) is 2.83. The van der Waals surface area contributed by atoms with E-state index in [1.165, 1.54) is 0 Å².